The molecule has 0 radical (unpaired) electrons. The highest BCUT2D eigenvalue weighted by Crippen LogP contribution is 2.14. The summed E-state index contributed by atoms with van der Waals surface area (Å²) >= 11 is 0. The zero-order valence-electron chi connectivity index (χ0n) is 16.0. The molecule has 0 saturated carbocycles. The summed E-state index contributed by atoms with van der Waals surface area (Å²) in [5, 5.41) is 8.84. The number of rotatable bonds is 16. The van der Waals surface area contributed by atoms with Crippen molar-refractivity contribution in [3.05, 3.63) is 0 Å². The van der Waals surface area contributed by atoms with Gasteiger partial charge in [0.2, 0.25) is 5.91 Å². The summed E-state index contributed by atoms with van der Waals surface area (Å²) in [5.74, 6) is 0.921. The molecule has 1 amide bonds. The summed E-state index contributed by atoms with van der Waals surface area (Å²) in [6.45, 7) is 4.45. The largest absolute Gasteiger partial charge is 0.376 e. The summed E-state index contributed by atoms with van der Waals surface area (Å²) < 4.78 is 0. The third kappa shape index (κ3) is 16.1. The van der Waals surface area contributed by atoms with Crippen LogP contribution in [0.4, 0.5) is 0 Å². The van der Waals surface area contributed by atoms with Gasteiger partial charge in [0.25, 0.3) is 0 Å². The van der Waals surface area contributed by atoms with Gasteiger partial charge in [-0.05, 0) is 12.3 Å². The summed E-state index contributed by atoms with van der Waals surface area (Å²) in [6.07, 6.45) is 17.8. The van der Waals surface area contributed by atoms with E-state index in [1.807, 2.05) is 0 Å². The van der Waals surface area contributed by atoms with Crippen LogP contribution in [0.15, 0.2) is 0 Å². The molecule has 0 fully saturated rings. The third-order valence-electron chi connectivity index (χ3n) is 4.56. The Kier molecular flexibility index (Phi) is 15.9. The first-order valence-corrected chi connectivity index (χ1v) is 9.92. The zero-order valence-corrected chi connectivity index (χ0v) is 16.0. The molecule has 0 aliphatic heterocycles. The van der Waals surface area contributed by atoms with Crippen molar-refractivity contribution in [3.63, 3.8) is 0 Å². The van der Waals surface area contributed by atoms with Crippen LogP contribution in [-0.2, 0) is 4.79 Å². The average Bonchev–Trinajstić information content (AvgIpc) is 2.53. The molecule has 3 heteroatoms. The molecule has 0 heterocycles. The quantitative estimate of drug-likeness (QED) is 0.300. The van der Waals surface area contributed by atoms with E-state index in [9.17, 15) is 4.79 Å². The molecule has 0 aromatic rings. The molecule has 138 valence electrons. The molecule has 3 nitrogen and oxygen atoms in total. The van der Waals surface area contributed by atoms with Gasteiger partial charge < -0.3 is 10.0 Å². The molecule has 0 aromatic heterocycles. The van der Waals surface area contributed by atoms with E-state index in [0.29, 0.717) is 6.42 Å². The minimum absolute atomic E-state index is 0.0564. The van der Waals surface area contributed by atoms with Crippen molar-refractivity contribution in [1.29, 1.82) is 0 Å². The number of amides is 1. The molecule has 23 heavy (non-hydrogen) atoms. The second kappa shape index (κ2) is 16.3. The Morgan fingerprint density at radius 2 is 1.17 bits per heavy atom. The minimum Gasteiger partial charge on any atom is -0.376 e. The Hall–Kier alpha value is -0.570. The van der Waals surface area contributed by atoms with E-state index in [4.69, 9.17) is 5.11 Å². The number of carbonyl (C=O) groups excluding carboxylic acids is 1. The fraction of sp³-hybridized carbons (Fsp3) is 0.950. The van der Waals surface area contributed by atoms with Crippen molar-refractivity contribution in [2.75, 3.05) is 13.8 Å². The van der Waals surface area contributed by atoms with Gasteiger partial charge in [0.05, 0.1) is 0 Å². The number of aliphatic hydroxyl groups is 1. The lowest BCUT2D eigenvalue weighted by atomic mass is 10.0. The van der Waals surface area contributed by atoms with E-state index in [2.05, 4.69) is 13.8 Å². The van der Waals surface area contributed by atoms with Gasteiger partial charge in [-0.25, -0.2) is 0 Å². The maximum absolute atomic E-state index is 11.5. The molecule has 0 atom stereocenters. The molecule has 0 aliphatic carbocycles. The van der Waals surface area contributed by atoms with Crippen LogP contribution in [-0.4, -0.2) is 29.7 Å². The van der Waals surface area contributed by atoms with E-state index < -0.39 is 0 Å². The van der Waals surface area contributed by atoms with Gasteiger partial charge in [0.1, 0.15) is 6.73 Å². The van der Waals surface area contributed by atoms with E-state index in [1.165, 1.54) is 75.5 Å². The predicted molar refractivity (Wildman–Crippen MR) is 99.3 cm³/mol. The first-order chi connectivity index (χ1) is 11.1. The monoisotopic (exact) mass is 327 g/mol. The Bertz CT molecular complexity index is 266. The highest BCUT2D eigenvalue weighted by molar-refractivity contribution is 5.75. The lowest BCUT2D eigenvalue weighted by Crippen LogP contribution is -2.27. The SMILES string of the molecule is CC(C)CCCCCCCCCCCCCCC(=O)N(C)CO. The van der Waals surface area contributed by atoms with Crippen LogP contribution in [0.5, 0.6) is 0 Å². The molecule has 0 unspecified atom stereocenters. The smallest absolute Gasteiger partial charge is 0.224 e. The predicted octanol–water partition coefficient (Wildman–Crippen LogP) is 5.51. The van der Waals surface area contributed by atoms with Crippen molar-refractivity contribution in [3.8, 4) is 0 Å². The second-order valence-electron chi connectivity index (χ2n) is 7.41. The normalized spacial score (nSPS) is 11.2. The first-order valence-electron chi connectivity index (χ1n) is 9.92. The Labute approximate surface area is 144 Å². The highest BCUT2D eigenvalue weighted by atomic mass is 16.3. The molecule has 0 spiro atoms. The third-order valence-corrected chi connectivity index (χ3v) is 4.56. The topological polar surface area (TPSA) is 40.5 Å². The molecule has 0 aliphatic rings. The van der Waals surface area contributed by atoms with Crippen molar-refractivity contribution >= 4 is 5.91 Å². The van der Waals surface area contributed by atoms with Crippen LogP contribution in [0.25, 0.3) is 0 Å². The summed E-state index contributed by atoms with van der Waals surface area (Å²) in [5.41, 5.74) is 0. The summed E-state index contributed by atoms with van der Waals surface area (Å²) in [7, 11) is 1.65. The number of aliphatic hydroxyl groups excluding tert-OH is 1. The summed E-state index contributed by atoms with van der Waals surface area (Å²) in [6, 6.07) is 0. The molecule has 0 rings (SSSR count). The Balaban J connectivity index is 3.12. The minimum atomic E-state index is -0.170. The van der Waals surface area contributed by atoms with Gasteiger partial charge in [-0.3, -0.25) is 4.79 Å². The van der Waals surface area contributed by atoms with Crippen LogP contribution < -0.4 is 0 Å². The van der Waals surface area contributed by atoms with Crippen molar-refractivity contribution in [1.82, 2.24) is 4.90 Å². The number of carbonyl (C=O) groups is 1. The van der Waals surface area contributed by atoms with Crippen molar-refractivity contribution in [2.24, 2.45) is 5.92 Å². The van der Waals surface area contributed by atoms with Gasteiger partial charge >= 0.3 is 0 Å². The average molecular weight is 328 g/mol. The maximum Gasteiger partial charge on any atom is 0.224 e. The molecule has 1 N–H and O–H groups in total. The number of hydrogen-bond donors (Lipinski definition) is 1. The Morgan fingerprint density at radius 1 is 0.783 bits per heavy atom. The lowest BCUT2D eigenvalue weighted by Gasteiger charge is -2.12. The molecule has 0 aromatic carbocycles. The van der Waals surface area contributed by atoms with Crippen LogP contribution in [0.2, 0.25) is 0 Å². The van der Waals surface area contributed by atoms with Gasteiger partial charge in [0, 0.05) is 13.5 Å². The fourth-order valence-electron chi connectivity index (χ4n) is 2.87. The number of unbranched alkanes of at least 4 members (excludes halogenated alkanes) is 11. The Morgan fingerprint density at radius 3 is 1.57 bits per heavy atom. The number of nitrogens with zero attached hydrogens (tertiary/aromatic N) is 1. The van der Waals surface area contributed by atoms with Gasteiger partial charge in [-0.2, -0.15) is 0 Å². The van der Waals surface area contributed by atoms with E-state index in [-0.39, 0.29) is 12.6 Å². The first kappa shape index (κ1) is 22.4. The van der Waals surface area contributed by atoms with E-state index >= 15 is 0 Å². The van der Waals surface area contributed by atoms with E-state index in [0.717, 1.165) is 18.8 Å². The molecular formula is C20H41NO2. The van der Waals surface area contributed by atoms with Crippen LogP contribution >= 0.6 is 0 Å². The molecule has 0 bridgehead atoms. The highest BCUT2D eigenvalue weighted by Gasteiger charge is 2.05. The summed E-state index contributed by atoms with van der Waals surface area (Å²) in [4.78, 5) is 12.9. The fourth-order valence-corrected chi connectivity index (χ4v) is 2.87. The van der Waals surface area contributed by atoms with Gasteiger partial charge in [0.15, 0.2) is 0 Å². The molecule has 0 saturated heterocycles. The van der Waals surface area contributed by atoms with Crippen LogP contribution in [0.3, 0.4) is 0 Å². The second-order valence-corrected chi connectivity index (χ2v) is 7.41. The van der Waals surface area contributed by atoms with Crippen LogP contribution in [0.1, 0.15) is 104 Å². The maximum atomic E-state index is 11.5. The van der Waals surface area contributed by atoms with Gasteiger partial charge in [-0.1, -0.05) is 90.9 Å². The molecular weight excluding hydrogens is 286 g/mol. The number of hydrogen-bond acceptors (Lipinski definition) is 2. The van der Waals surface area contributed by atoms with Crippen molar-refractivity contribution in [2.45, 2.75) is 104 Å². The van der Waals surface area contributed by atoms with Gasteiger partial charge in [-0.15, -0.1) is 0 Å². The van der Waals surface area contributed by atoms with Crippen LogP contribution in [0, 0.1) is 5.92 Å². The van der Waals surface area contributed by atoms with Crippen molar-refractivity contribution < 1.29 is 9.90 Å². The lowest BCUT2D eigenvalue weighted by molar-refractivity contribution is -0.133. The van der Waals surface area contributed by atoms with E-state index in [1.54, 1.807) is 7.05 Å². The zero-order chi connectivity index (χ0) is 17.3. The standard InChI is InChI=1S/C20H41NO2/c1-19(2)16-14-12-10-8-6-4-5-7-9-11-13-15-17-20(23)21(3)18-22/h19,22H,4-18H2,1-3H3.